The number of nitrogens with zero attached hydrogens (tertiary/aromatic N) is 2. The molecule has 0 atom stereocenters. The van der Waals surface area contributed by atoms with E-state index in [1.165, 1.54) is 5.56 Å². The van der Waals surface area contributed by atoms with E-state index in [-0.39, 0.29) is 5.88 Å². The first kappa shape index (κ1) is 19.3. The second-order valence-electron chi connectivity index (χ2n) is 6.33. The van der Waals surface area contributed by atoms with Gasteiger partial charge >= 0.3 is 5.97 Å². The topological polar surface area (TPSA) is 64.4 Å². The number of rotatable bonds is 6. The number of halogens is 2. The first-order valence-electron chi connectivity index (χ1n) is 8.35. The van der Waals surface area contributed by atoms with Gasteiger partial charge in [-0.3, -0.25) is 0 Å². The SMILES string of the molecule is CC(C)c1ccc(-n2nc(OCC(=O)O)cc2-c2ccc(Cl)cc2Cl)cc1. The molecule has 140 valence electrons. The predicted octanol–water partition coefficient (Wildman–Crippen LogP) is 5.43. The third kappa shape index (κ3) is 4.43. The number of carboxylic acids is 1. The molecule has 7 heteroatoms. The lowest BCUT2D eigenvalue weighted by Crippen LogP contribution is -2.10. The minimum atomic E-state index is -1.07. The summed E-state index contributed by atoms with van der Waals surface area (Å²) in [7, 11) is 0. The van der Waals surface area contributed by atoms with Gasteiger partial charge in [-0.05, 0) is 41.8 Å². The van der Waals surface area contributed by atoms with Crippen molar-refractivity contribution in [1.29, 1.82) is 0 Å². The van der Waals surface area contributed by atoms with Crippen LogP contribution in [0.25, 0.3) is 16.9 Å². The molecule has 0 aliphatic rings. The Hall–Kier alpha value is -2.50. The van der Waals surface area contributed by atoms with E-state index in [4.69, 9.17) is 33.0 Å². The van der Waals surface area contributed by atoms with E-state index >= 15 is 0 Å². The molecule has 0 radical (unpaired) electrons. The zero-order valence-electron chi connectivity index (χ0n) is 14.8. The molecule has 1 heterocycles. The van der Waals surface area contributed by atoms with Crippen LogP contribution in [-0.2, 0) is 4.79 Å². The number of hydrogen-bond donors (Lipinski definition) is 1. The molecule has 1 N–H and O–H groups in total. The maximum absolute atomic E-state index is 10.8. The van der Waals surface area contributed by atoms with Gasteiger partial charge in [0.25, 0.3) is 0 Å². The van der Waals surface area contributed by atoms with Crippen LogP contribution < -0.4 is 4.74 Å². The molecule has 0 amide bonds. The van der Waals surface area contributed by atoms with Crippen molar-refractivity contribution in [2.45, 2.75) is 19.8 Å². The van der Waals surface area contributed by atoms with Crippen LogP contribution in [0.2, 0.25) is 10.0 Å². The van der Waals surface area contributed by atoms with E-state index in [2.05, 4.69) is 18.9 Å². The van der Waals surface area contributed by atoms with Crippen molar-refractivity contribution in [2.75, 3.05) is 6.61 Å². The van der Waals surface area contributed by atoms with Crippen LogP contribution in [0, 0.1) is 0 Å². The summed E-state index contributed by atoms with van der Waals surface area (Å²) in [5.41, 5.74) is 3.41. The van der Waals surface area contributed by atoms with Crippen LogP contribution in [0.15, 0.2) is 48.5 Å². The lowest BCUT2D eigenvalue weighted by atomic mass is 10.0. The molecule has 0 spiro atoms. The van der Waals surface area contributed by atoms with Crippen molar-refractivity contribution in [3.8, 4) is 22.8 Å². The number of carboxylic acid groups (broad SMARTS) is 1. The van der Waals surface area contributed by atoms with Gasteiger partial charge in [0.05, 0.1) is 16.4 Å². The van der Waals surface area contributed by atoms with E-state index in [9.17, 15) is 4.79 Å². The Morgan fingerprint density at radius 3 is 2.44 bits per heavy atom. The van der Waals surface area contributed by atoms with Gasteiger partial charge in [-0.15, -0.1) is 5.10 Å². The molecular formula is C20H18Cl2N2O3. The van der Waals surface area contributed by atoms with Crippen LogP contribution in [-0.4, -0.2) is 27.5 Å². The molecule has 0 aliphatic heterocycles. The smallest absolute Gasteiger partial charge is 0.341 e. The zero-order chi connectivity index (χ0) is 19.6. The van der Waals surface area contributed by atoms with Gasteiger partial charge in [0, 0.05) is 16.7 Å². The summed E-state index contributed by atoms with van der Waals surface area (Å²) in [5.74, 6) is -0.459. The molecule has 2 aromatic carbocycles. The molecule has 1 aromatic heterocycles. The summed E-state index contributed by atoms with van der Waals surface area (Å²) in [4.78, 5) is 10.8. The lowest BCUT2D eigenvalue weighted by Gasteiger charge is -2.11. The molecule has 0 saturated carbocycles. The number of benzene rings is 2. The Labute approximate surface area is 167 Å². The summed E-state index contributed by atoms with van der Waals surface area (Å²) in [6, 6.07) is 14.8. The Kier molecular flexibility index (Phi) is 5.73. The first-order chi connectivity index (χ1) is 12.8. The fraction of sp³-hybridized carbons (Fsp3) is 0.200. The summed E-state index contributed by atoms with van der Waals surface area (Å²) in [6.45, 7) is 3.77. The second-order valence-corrected chi connectivity index (χ2v) is 7.18. The van der Waals surface area contributed by atoms with E-state index in [0.29, 0.717) is 27.2 Å². The van der Waals surface area contributed by atoms with Crippen LogP contribution in [0.5, 0.6) is 5.88 Å². The fourth-order valence-corrected chi connectivity index (χ4v) is 3.16. The normalized spacial score (nSPS) is 11.0. The van der Waals surface area contributed by atoms with Crippen molar-refractivity contribution >= 4 is 29.2 Å². The molecule has 27 heavy (non-hydrogen) atoms. The Bertz CT molecular complexity index is 966. The van der Waals surface area contributed by atoms with Gasteiger partial charge < -0.3 is 9.84 Å². The monoisotopic (exact) mass is 404 g/mol. The molecule has 0 saturated heterocycles. The average molecular weight is 405 g/mol. The van der Waals surface area contributed by atoms with Crippen LogP contribution in [0.1, 0.15) is 25.3 Å². The van der Waals surface area contributed by atoms with Crippen molar-refractivity contribution in [1.82, 2.24) is 9.78 Å². The Balaban J connectivity index is 2.08. The Morgan fingerprint density at radius 2 is 1.85 bits per heavy atom. The van der Waals surface area contributed by atoms with Gasteiger partial charge in [-0.2, -0.15) is 0 Å². The van der Waals surface area contributed by atoms with Gasteiger partial charge in [0.2, 0.25) is 5.88 Å². The molecule has 0 fully saturated rings. The Morgan fingerprint density at radius 1 is 1.15 bits per heavy atom. The minimum Gasteiger partial charge on any atom is -0.479 e. The average Bonchev–Trinajstić information content (AvgIpc) is 3.04. The fourth-order valence-electron chi connectivity index (χ4n) is 2.65. The summed E-state index contributed by atoms with van der Waals surface area (Å²) in [5, 5.41) is 14.2. The summed E-state index contributed by atoms with van der Waals surface area (Å²) < 4.78 is 6.93. The largest absolute Gasteiger partial charge is 0.479 e. The van der Waals surface area contributed by atoms with Gasteiger partial charge in [0.15, 0.2) is 6.61 Å². The number of carbonyl (C=O) groups is 1. The number of ether oxygens (including phenoxy) is 1. The minimum absolute atomic E-state index is 0.200. The summed E-state index contributed by atoms with van der Waals surface area (Å²) in [6.07, 6.45) is 0. The third-order valence-electron chi connectivity index (χ3n) is 4.04. The quantitative estimate of drug-likeness (QED) is 0.594. The lowest BCUT2D eigenvalue weighted by molar-refractivity contribution is -0.139. The highest BCUT2D eigenvalue weighted by Crippen LogP contribution is 2.34. The van der Waals surface area contributed by atoms with Gasteiger partial charge in [-0.1, -0.05) is 49.2 Å². The molecule has 0 aliphatic carbocycles. The van der Waals surface area contributed by atoms with E-state index in [1.54, 1.807) is 28.9 Å². The standard InChI is InChI=1S/C20H18Cl2N2O3/c1-12(2)13-3-6-15(7-4-13)24-18(10-19(23-24)27-11-20(25)26)16-8-5-14(21)9-17(16)22/h3-10,12H,11H2,1-2H3,(H,25,26). The van der Waals surface area contributed by atoms with Gasteiger partial charge in [-0.25, -0.2) is 9.48 Å². The highest BCUT2D eigenvalue weighted by atomic mass is 35.5. The molecule has 0 unspecified atom stereocenters. The predicted molar refractivity (Wildman–Crippen MR) is 106 cm³/mol. The van der Waals surface area contributed by atoms with Crippen molar-refractivity contribution < 1.29 is 14.6 Å². The molecule has 0 bridgehead atoms. The highest BCUT2D eigenvalue weighted by molar-refractivity contribution is 6.36. The number of hydrogen-bond acceptors (Lipinski definition) is 3. The highest BCUT2D eigenvalue weighted by Gasteiger charge is 2.16. The summed E-state index contributed by atoms with van der Waals surface area (Å²) >= 11 is 12.4. The molecule has 5 nitrogen and oxygen atoms in total. The van der Waals surface area contributed by atoms with E-state index in [0.717, 1.165) is 5.69 Å². The first-order valence-corrected chi connectivity index (χ1v) is 9.11. The van der Waals surface area contributed by atoms with Crippen molar-refractivity contribution in [3.63, 3.8) is 0 Å². The van der Waals surface area contributed by atoms with Crippen LogP contribution in [0.3, 0.4) is 0 Å². The van der Waals surface area contributed by atoms with E-state index < -0.39 is 12.6 Å². The van der Waals surface area contributed by atoms with Crippen molar-refractivity contribution in [3.05, 3.63) is 64.1 Å². The van der Waals surface area contributed by atoms with Crippen LogP contribution >= 0.6 is 23.2 Å². The van der Waals surface area contributed by atoms with Crippen LogP contribution in [0.4, 0.5) is 0 Å². The number of aromatic nitrogens is 2. The maximum atomic E-state index is 10.8. The maximum Gasteiger partial charge on any atom is 0.341 e. The number of aliphatic carboxylic acids is 1. The van der Waals surface area contributed by atoms with E-state index in [1.807, 2.05) is 24.3 Å². The molecule has 3 rings (SSSR count). The zero-order valence-corrected chi connectivity index (χ0v) is 16.3. The van der Waals surface area contributed by atoms with Crippen molar-refractivity contribution in [2.24, 2.45) is 0 Å². The third-order valence-corrected chi connectivity index (χ3v) is 4.59. The van der Waals surface area contributed by atoms with Gasteiger partial charge in [0.1, 0.15) is 0 Å². The molecule has 3 aromatic rings. The second kappa shape index (κ2) is 8.03. The molecular weight excluding hydrogens is 387 g/mol.